The van der Waals surface area contributed by atoms with Crippen LogP contribution in [-0.4, -0.2) is 34.4 Å². The van der Waals surface area contributed by atoms with Crippen molar-refractivity contribution in [2.45, 2.75) is 25.7 Å². The Balaban J connectivity index is 1.65. The minimum Gasteiger partial charge on any atom is -0.342 e. The summed E-state index contributed by atoms with van der Waals surface area (Å²) in [5.41, 5.74) is 0.0678. The van der Waals surface area contributed by atoms with Crippen LogP contribution in [0.1, 0.15) is 25.7 Å². The van der Waals surface area contributed by atoms with Gasteiger partial charge in [0.2, 0.25) is 11.8 Å². The first-order valence-electron chi connectivity index (χ1n) is 7.81. The number of aromatic nitrogens is 1. The number of amides is 2. The van der Waals surface area contributed by atoms with E-state index in [1.54, 1.807) is 25.4 Å². The van der Waals surface area contributed by atoms with Crippen LogP contribution >= 0.6 is 0 Å². The number of piperidine rings is 1. The van der Waals surface area contributed by atoms with Gasteiger partial charge in [-0.2, -0.15) is 0 Å². The van der Waals surface area contributed by atoms with Gasteiger partial charge in [0, 0.05) is 32.3 Å². The summed E-state index contributed by atoms with van der Waals surface area (Å²) >= 11 is 0. The Kier molecular flexibility index (Phi) is 4.00. The SMILES string of the molecule is Cn1cccc(NC(=O)[C@@H]2CCCN(C(=O)C3CC3)C2)c1=O. The molecule has 0 unspecified atom stereocenters. The van der Waals surface area contributed by atoms with Crippen LogP contribution in [0.2, 0.25) is 0 Å². The number of nitrogens with zero attached hydrogens (tertiary/aromatic N) is 2. The van der Waals surface area contributed by atoms with E-state index < -0.39 is 0 Å². The van der Waals surface area contributed by atoms with Crippen LogP contribution in [0.25, 0.3) is 0 Å². The maximum absolute atomic E-state index is 12.4. The maximum Gasteiger partial charge on any atom is 0.274 e. The molecule has 118 valence electrons. The standard InChI is InChI=1S/C16H21N3O3/c1-18-8-3-5-13(16(18)22)17-14(20)12-4-2-9-19(10-12)15(21)11-6-7-11/h3,5,8,11-12H,2,4,6-7,9-10H2,1H3,(H,17,20)/t12-/m1/s1. The number of nitrogens with one attached hydrogen (secondary N) is 1. The zero-order valence-electron chi connectivity index (χ0n) is 12.7. The Bertz CT molecular complexity index is 648. The van der Waals surface area contributed by atoms with Crippen molar-refractivity contribution in [2.75, 3.05) is 18.4 Å². The molecule has 1 aliphatic heterocycles. The summed E-state index contributed by atoms with van der Waals surface area (Å²) < 4.78 is 1.43. The van der Waals surface area contributed by atoms with E-state index in [4.69, 9.17) is 0 Å². The summed E-state index contributed by atoms with van der Waals surface area (Å²) in [5, 5.41) is 2.71. The van der Waals surface area contributed by atoms with Crippen molar-refractivity contribution < 1.29 is 9.59 Å². The lowest BCUT2D eigenvalue weighted by Crippen LogP contribution is -2.44. The fourth-order valence-corrected chi connectivity index (χ4v) is 2.91. The van der Waals surface area contributed by atoms with E-state index in [0.29, 0.717) is 12.2 Å². The first-order valence-corrected chi connectivity index (χ1v) is 7.81. The van der Waals surface area contributed by atoms with E-state index in [1.807, 2.05) is 4.90 Å². The molecule has 1 saturated heterocycles. The lowest BCUT2D eigenvalue weighted by atomic mass is 9.96. The molecule has 1 aromatic rings. The molecule has 3 rings (SSSR count). The van der Waals surface area contributed by atoms with E-state index in [1.165, 1.54) is 4.57 Å². The first kappa shape index (κ1) is 14.8. The number of anilines is 1. The van der Waals surface area contributed by atoms with E-state index >= 15 is 0 Å². The molecule has 2 aliphatic rings. The Morgan fingerprint density at radius 1 is 1.23 bits per heavy atom. The third kappa shape index (κ3) is 3.05. The molecule has 0 aromatic carbocycles. The van der Waals surface area contributed by atoms with E-state index in [2.05, 4.69) is 5.32 Å². The van der Waals surface area contributed by atoms with Crippen molar-refractivity contribution in [2.24, 2.45) is 18.9 Å². The van der Waals surface area contributed by atoms with Crippen molar-refractivity contribution in [3.05, 3.63) is 28.7 Å². The molecule has 0 bridgehead atoms. The molecule has 2 fully saturated rings. The maximum atomic E-state index is 12.4. The van der Waals surface area contributed by atoms with Crippen molar-refractivity contribution in [3.8, 4) is 0 Å². The predicted molar refractivity (Wildman–Crippen MR) is 82.3 cm³/mol. The average Bonchev–Trinajstić information content (AvgIpc) is 3.36. The molecule has 0 radical (unpaired) electrons. The number of pyridine rings is 1. The highest BCUT2D eigenvalue weighted by molar-refractivity contribution is 5.93. The van der Waals surface area contributed by atoms with Crippen LogP contribution in [0.5, 0.6) is 0 Å². The largest absolute Gasteiger partial charge is 0.342 e. The molecule has 1 aromatic heterocycles. The normalized spacial score (nSPS) is 21.5. The van der Waals surface area contributed by atoms with Crippen LogP contribution in [0, 0.1) is 11.8 Å². The number of rotatable bonds is 3. The smallest absolute Gasteiger partial charge is 0.274 e. The number of likely N-dealkylation sites (tertiary alicyclic amines) is 1. The fraction of sp³-hybridized carbons (Fsp3) is 0.562. The van der Waals surface area contributed by atoms with E-state index in [9.17, 15) is 14.4 Å². The second-order valence-corrected chi connectivity index (χ2v) is 6.22. The van der Waals surface area contributed by atoms with Crippen LogP contribution in [0.4, 0.5) is 5.69 Å². The minimum absolute atomic E-state index is 0.170. The topological polar surface area (TPSA) is 71.4 Å². The molecule has 22 heavy (non-hydrogen) atoms. The molecule has 1 atom stereocenters. The third-order valence-electron chi connectivity index (χ3n) is 4.41. The predicted octanol–water partition coefficient (Wildman–Crippen LogP) is 0.972. The molecule has 1 saturated carbocycles. The Hall–Kier alpha value is -2.11. The summed E-state index contributed by atoms with van der Waals surface area (Å²) in [4.78, 5) is 38.3. The summed E-state index contributed by atoms with van der Waals surface area (Å²) in [7, 11) is 1.65. The molecule has 0 spiro atoms. The van der Waals surface area contributed by atoms with Crippen LogP contribution in [0.3, 0.4) is 0 Å². The van der Waals surface area contributed by atoms with Gasteiger partial charge in [0.1, 0.15) is 5.69 Å². The molecule has 1 N–H and O–H groups in total. The highest BCUT2D eigenvalue weighted by Gasteiger charge is 2.36. The van der Waals surface area contributed by atoms with Gasteiger partial charge in [0.05, 0.1) is 5.92 Å². The van der Waals surface area contributed by atoms with Gasteiger partial charge in [-0.05, 0) is 37.8 Å². The van der Waals surface area contributed by atoms with Crippen molar-refractivity contribution in [3.63, 3.8) is 0 Å². The van der Waals surface area contributed by atoms with Crippen LogP contribution in [0.15, 0.2) is 23.1 Å². The van der Waals surface area contributed by atoms with Crippen molar-refractivity contribution >= 4 is 17.5 Å². The quantitative estimate of drug-likeness (QED) is 0.904. The Morgan fingerprint density at radius 3 is 2.73 bits per heavy atom. The van der Waals surface area contributed by atoms with Crippen LogP contribution < -0.4 is 10.9 Å². The highest BCUT2D eigenvalue weighted by atomic mass is 16.2. The highest BCUT2D eigenvalue weighted by Crippen LogP contribution is 2.32. The van der Waals surface area contributed by atoms with Gasteiger partial charge >= 0.3 is 0 Å². The van der Waals surface area contributed by atoms with Gasteiger partial charge in [-0.3, -0.25) is 14.4 Å². The van der Waals surface area contributed by atoms with Gasteiger partial charge in [-0.15, -0.1) is 0 Å². The van der Waals surface area contributed by atoms with Crippen LogP contribution in [-0.2, 0) is 16.6 Å². The summed E-state index contributed by atoms with van der Waals surface area (Å²) in [6.07, 6.45) is 5.20. The molecule has 1 aliphatic carbocycles. The van der Waals surface area contributed by atoms with Gasteiger partial charge in [0.25, 0.3) is 5.56 Å². The van der Waals surface area contributed by atoms with Crippen molar-refractivity contribution in [1.29, 1.82) is 0 Å². The summed E-state index contributed by atoms with van der Waals surface area (Å²) in [5.74, 6) is -0.0330. The van der Waals surface area contributed by atoms with Gasteiger partial charge in [0.15, 0.2) is 0 Å². The number of aryl methyl sites for hydroxylation is 1. The Labute approximate surface area is 129 Å². The number of carbonyl (C=O) groups excluding carboxylic acids is 2. The Morgan fingerprint density at radius 2 is 2.00 bits per heavy atom. The number of carbonyl (C=O) groups is 2. The molecular formula is C16H21N3O3. The van der Waals surface area contributed by atoms with Gasteiger partial charge in [-0.1, -0.05) is 0 Å². The zero-order valence-corrected chi connectivity index (χ0v) is 12.7. The second kappa shape index (κ2) is 5.94. The lowest BCUT2D eigenvalue weighted by Gasteiger charge is -2.32. The van der Waals surface area contributed by atoms with Gasteiger partial charge in [-0.25, -0.2) is 0 Å². The number of hydrogen-bond donors (Lipinski definition) is 1. The molecule has 2 amide bonds. The van der Waals surface area contributed by atoms with Crippen molar-refractivity contribution in [1.82, 2.24) is 9.47 Å². The average molecular weight is 303 g/mol. The molecule has 6 nitrogen and oxygen atoms in total. The molecule has 6 heteroatoms. The summed E-state index contributed by atoms with van der Waals surface area (Å²) in [6.45, 7) is 1.21. The third-order valence-corrected chi connectivity index (χ3v) is 4.41. The first-order chi connectivity index (χ1) is 10.6. The zero-order chi connectivity index (χ0) is 15.7. The van der Waals surface area contributed by atoms with Gasteiger partial charge < -0.3 is 14.8 Å². The minimum atomic E-state index is -0.235. The van der Waals surface area contributed by atoms with E-state index in [-0.39, 0.29) is 29.2 Å². The summed E-state index contributed by atoms with van der Waals surface area (Å²) in [6, 6.07) is 3.33. The lowest BCUT2D eigenvalue weighted by molar-refractivity contribution is -0.135. The molecule has 2 heterocycles. The monoisotopic (exact) mass is 303 g/mol. The molecular weight excluding hydrogens is 282 g/mol. The fourth-order valence-electron chi connectivity index (χ4n) is 2.91. The second-order valence-electron chi connectivity index (χ2n) is 6.22. The number of hydrogen-bond acceptors (Lipinski definition) is 3. The van der Waals surface area contributed by atoms with E-state index in [0.717, 1.165) is 32.2 Å².